The van der Waals surface area contributed by atoms with Gasteiger partial charge in [0.1, 0.15) is 0 Å². The van der Waals surface area contributed by atoms with Crippen LogP contribution in [0.1, 0.15) is 33.5 Å². The van der Waals surface area contributed by atoms with Crippen molar-refractivity contribution in [2.24, 2.45) is 0 Å². The van der Waals surface area contributed by atoms with E-state index in [9.17, 15) is 4.79 Å². The van der Waals surface area contributed by atoms with Crippen LogP contribution in [0.5, 0.6) is 0 Å². The highest BCUT2D eigenvalue weighted by atomic mass is 16.5. The third-order valence-corrected chi connectivity index (χ3v) is 5.00. The third-order valence-electron chi connectivity index (χ3n) is 5.00. The van der Waals surface area contributed by atoms with E-state index in [-0.39, 0.29) is 23.5 Å². The lowest BCUT2D eigenvalue weighted by Gasteiger charge is -2.35. The Labute approximate surface area is 163 Å². The van der Waals surface area contributed by atoms with Gasteiger partial charge in [-0.2, -0.15) is 5.10 Å². The monoisotopic (exact) mass is 378 g/mol. The number of hydrogen-bond acceptors (Lipinski definition) is 6. The third kappa shape index (κ3) is 3.11. The number of aromatic nitrogens is 4. The molecule has 0 aliphatic carbocycles. The number of ether oxygens (including phenoxy) is 1. The molecule has 144 valence electrons. The second-order valence-electron chi connectivity index (χ2n) is 6.71. The van der Waals surface area contributed by atoms with E-state index in [1.54, 1.807) is 4.90 Å². The zero-order valence-corrected chi connectivity index (χ0v) is 15.9. The lowest BCUT2D eigenvalue weighted by molar-refractivity contribution is -0.00330. The smallest absolute Gasteiger partial charge is 0.276 e. The number of nitrogens with zero attached hydrogens (tertiary/aromatic N) is 5. The van der Waals surface area contributed by atoms with E-state index in [2.05, 4.69) is 9.97 Å². The first-order valence-electron chi connectivity index (χ1n) is 9.14. The first kappa shape index (κ1) is 18.1. The van der Waals surface area contributed by atoms with Gasteiger partial charge in [-0.3, -0.25) is 4.79 Å². The molecule has 3 heterocycles. The molecule has 0 unspecified atom stereocenters. The molecule has 8 heteroatoms. The van der Waals surface area contributed by atoms with Crippen molar-refractivity contribution in [3.8, 4) is 5.69 Å². The molecule has 1 aliphatic heterocycles. The van der Waals surface area contributed by atoms with Crippen molar-refractivity contribution < 1.29 is 9.53 Å². The average Bonchev–Trinajstić information content (AvgIpc) is 3.02. The summed E-state index contributed by atoms with van der Waals surface area (Å²) >= 11 is 0. The molecule has 1 fully saturated rings. The van der Waals surface area contributed by atoms with E-state index in [1.165, 1.54) is 12.4 Å². The fourth-order valence-corrected chi connectivity index (χ4v) is 3.69. The maximum atomic E-state index is 13.2. The Morgan fingerprint density at radius 1 is 1.18 bits per heavy atom. The topological polar surface area (TPSA) is 99.2 Å². The molecule has 0 saturated carbocycles. The molecule has 3 aromatic rings. The molecule has 0 spiro atoms. The summed E-state index contributed by atoms with van der Waals surface area (Å²) in [6.45, 7) is 5.28. The predicted molar refractivity (Wildman–Crippen MR) is 104 cm³/mol. The number of nitrogen functional groups attached to an aromatic ring is 1. The summed E-state index contributed by atoms with van der Waals surface area (Å²) < 4.78 is 7.61. The minimum absolute atomic E-state index is 0.131. The number of aryl methyl sites for hydroxylation is 1. The van der Waals surface area contributed by atoms with Crippen LogP contribution in [-0.2, 0) is 4.74 Å². The van der Waals surface area contributed by atoms with Crippen molar-refractivity contribution in [2.75, 3.05) is 25.5 Å². The van der Waals surface area contributed by atoms with E-state index in [1.807, 2.05) is 48.9 Å². The van der Waals surface area contributed by atoms with Crippen molar-refractivity contribution in [1.82, 2.24) is 24.6 Å². The SMILES string of the molecule is Cc1nn(-c2ccccc2)c(C)c1[C@@H]1COCCN1C(=O)c1nccnc1N. The standard InChI is InChI=1S/C20H22N6O2/c1-13-17(14(2)26(24-13)15-6-4-3-5-7-15)16-12-28-11-10-25(16)20(27)18-19(21)23-9-8-22-18/h3-9,16H,10-12H2,1-2H3,(H2,21,23)/t16-/m0/s1. The summed E-state index contributed by atoms with van der Waals surface area (Å²) in [6, 6.07) is 9.66. The van der Waals surface area contributed by atoms with Crippen molar-refractivity contribution in [3.63, 3.8) is 0 Å². The van der Waals surface area contributed by atoms with Gasteiger partial charge < -0.3 is 15.4 Å². The minimum Gasteiger partial charge on any atom is -0.382 e. The maximum absolute atomic E-state index is 13.2. The summed E-state index contributed by atoms with van der Waals surface area (Å²) in [5.74, 6) is -0.115. The highest BCUT2D eigenvalue weighted by Gasteiger charge is 2.34. The van der Waals surface area contributed by atoms with Gasteiger partial charge in [0.25, 0.3) is 5.91 Å². The van der Waals surface area contributed by atoms with Gasteiger partial charge >= 0.3 is 0 Å². The summed E-state index contributed by atoms with van der Waals surface area (Å²) in [7, 11) is 0. The molecule has 0 bridgehead atoms. The molecule has 1 aromatic carbocycles. The second kappa shape index (κ2) is 7.40. The molecular formula is C20H22N6O2. The van der Waals surface area contributed by atoms with Gasteiger partial charge in [0.15, 0.2) is 11.5 Å². The van der Waals surface area contributed by atoms with Crippen LogP contribution in [-0.4, -0.2) is 50.3 Å². The zero-order valence-electron chi connectivity index (χ0n) is 15.9. The Morgan fingerprint density at radius 3 is 2.68 bits per heavy atom. The summed E-state index contributed by atoms with van der Waals surface area (Å²) in [5.41, 5.74) is 9.85. The maximum Gasteiger partial charge on any atom is 0.276 e. The first-order chi connectivity index (χ1) is 13.6. The number of hydrogen-bond donors (Lipinski definition) is 1. The van der Waals surface area contributed by atoms with Crippen molar-refractivity contribution in [2.45, 2.75) is 19.9 Å². The van der Waals surface area contributed by atoms with Crippen molar-refractivity contribution in [3.05, 3.63) is 65.4 Å². The fraction of sp³-hybridized carbons (Fsp3) is 0.300. The molecule has 1 atom stereocenters. The van der Waals surface area contributed by atoms with Gasteiger partial charge in [0, 0.05) is 30.2 Å². The van der Waals surface area contributed by atoms with Gasteiger partial charge in [0.05, 0.1) is 30.6 Å². The summed E-state index contributed by atoms with van der Waals surface area (Å²) in [5, 5.41) is 4.71. The molecule has 2 N–H and O–H groups in total. The van der Waals surface area contributed by atoms with Crippen LogP contribution in [0, 0.1) is 13.8 Å². The van der Waals surface area contributed by atoms with Crippen LogP contribution in [0.3, 0.4) is 0 Å². The predicted octanol–water partition coefficient (Wildman–Crippen LogP) is 2.08. The van der Waals surface area contributed by atoms with Crippen LogP contribution in [0.4, 0.5) is 5.82 Å². The average molecular weight is 378 g/mol. The molecule has 0 radical (unpaired) electrons. The normalized spacial score (nSPS) is 16.9. The second-order valence-corrected chi connectivity index (χ2v) is 6.71. The van der Waals surface area contributed by atoms with Crippen LogP contribution in [0.2, 0.25) is 0 Å². The Hall–Kier alpha value is -3.26. The van der Waals surface area contributed by atoms with E-state index >= 15 is 0 Å². The first-order valence-corrected chi connectivity index (χ1v) is 9.14. The number of para-hydroxylation sites is 1. The van der Waals surface area contributed by atoms with Gasteiger partial charge in [-0.1, -0.05) is 18.2 Å². The number of carbonyl (C=O) groups excluding carboxylic acids is 1. The number of benzene rings is 1. The fourth-order valence-electron chi connectivity index (χ4n) is 3.69. The van der Waals surface area contributed by atoms with E-state index in [4.69, 9.17) is 15.6 Å². The Balaban J connectivity index is 1.74. The lowest BCUT2D eigenvalue weighted by Crippen LogP contribution is -2.44. The number of amides is 1. The summed E-state index contributed by atoms with van der Waals surface area (Å²) in [6.07, 6.45) is 2.95. The van der Waals surface area contributed by atoms with E-state index in [0.29, 0.717) is 19.8 Å². The highest BCUT2D eigenvalue weighted by Crippen LogP contribution is 2.32. The molecule has 8 nitrogen and oxygen atoms in total. The number of morpholine rings is 1. The van der Waals surface area contributed by atoms with Crippen LogP contribution < -0.4 is 5.73 Å². The quantitative estimate of drug-likeness (QED) is 0.749. The van der Waals surface area contributed by atoms with Gasteiger partial charge in [0.2, 0.25) is 0 Å². The molecular weight excluding hydrogens is 356 g/mol. The van der Waals surface area contributed by atoms with Crippen molar-refractivity contribution in [1.29, 1.82) is 0 Å². The molecule has 2 aromatic heterocycles. The highest BCUT2D eigenvalue weighted by molar-refractivity contribution is 5.96. The minimum atomic E-state index is -0.264. The molecule has 1 amide bonds. The molecule has 1 saturated heterocycles. The van der Waals surface area contributed by atoms with Gasteiger partial charge in [-0.15, -0.1) is 0 Å². The van der Waals surface area contributed by atoms with Crippen LogP contribution >= 0.6 is 0 Å². The number of anilines is 1. The number of carbonyl (C=O) groups is 1. The number of rotatable bonds is 3. The lowest BCUT2D eigenvalue weighted by atomic mass is 10.0. The summed E-state index contributed by atoms with van der Waals surface area (Å²) in [4.78, 5) is 23.1. The molecule has 28 heavy (non-hydrogen) atoms. The van der Waals surface area contributed by atoms with E-state index < -0.39 is 0 Å². The largest absolute Gasteiger partial charge is 0.382 e. The molecule has 4 rings (SSSR count). The Kier molecular flexibility index (Phi) is 4.79. The number of nitrogens with two attached hydrogens (primary N) is 1. The van der Waals surface area contributed by atoms with Crippen LogP contribution in [0.25, 0.3) is 5.69 Å². The Morgan fingerprint density at radius 2 is 1.93 bits per heavy atom. The van der Waals surface area contributed by atoms with Crippen LogP contribution in [0.15, 0.2) is 42.7 Å². The molecule has 1 aliphatic rings. The van der Waals surface area contributed by atoms with Gasteiger partial charge in [-0.05, 0) is 26.0 Å². The van der Waals surface area contributed by atoms with E-state index in [0.717, 1.165) is 22.6 Å². The van der Waals surface area contributed by atoms with Gasteiger partial charge in [-0.25, -0.2) is 14.6 Å². The van der Waals surface area contributed by atoms with Crippen molar-refractivity contribution >= 4 is 11.7 Å². The Bertz CT molecular complexity index is 1000. The zero-order chi connectivity index (χ0) is 19.7.